The lowest BCUT2D eigenvalue weighted by Gasteiger charge is -2.36. The molecule has 41 heavy (non-hydrogen) atoms. The van der Waals surface area contributed by atoms with Crippen molar-refractivity contribution in [1.29, 1.82) is 0 Å². The molecule has 1 saturated heterocycles. The summed E-state index contributed by atoms with van der Waals surface area (Å²) in [5.41, 5.74) is 3.09. The maximum absolute atomic E-state index is 11.7. The highest BCUT2D eigenvalue weighted by Crippen LogP contribution is 2.34. The first-order valence-corrected chi connectivity index (χ1v) is 15.8. The maximum Gasteiger partial charge on any atom is 0.175 e. The fourth-order valence-corrected chi connectivity index (χ4v) is 6.00. The minimum absolute atomic E-state index is 0.203. The Kier molecular flexibility index (Phi) is 9.46. The Morgan fingerprint density at radius 1 is 1.02 bits per heavy atom. The zero-order chi connectivity index (χ0) is 28.8. The molecule has 0 amide bonds. The molecule has 0 spiro atoms. The molecule has 0 saturated carbocycles. The van der Waals surface area contributed by atoms with Crippen molar-refractivity contribution in [3.8, 4) is 17.2 Å². The highest BCUT2D eigenvalue weighted by molar-refractivity contribution is 7.90. The fraction of sp³-hybridized carbons (Fsp3) is 0.419. The molecule has 9 nitrogen and oxygen atoms in total. The third-order valence-corrected chi connectivity index (χ3v) is 8.62. The molecule has 0 aromatic heterocycles. The van der Waals surface area contributed by atoms with Gasteiger partial charge in [0.1, 0.15) is 23.9 Å². The Morgan fingerprint density at radius 2 is 1.76 bits per heavy atom. The van der Waals surface area contributed by atoms with Crippen LogP contribution in [0, 0.1) is 0 Å². The van der Waals surface area contributed by atoms with E-state index in [-0.39, 0.29) is 16.9 Å². The van der Waals surface area contributed by atoms with Crippen LogP contribution in [0.3, 0.4) is 0 Å². The van der Waals surface area contributed by atoms with E-state index in [0.29, 0.717) is 37.8 Å². The molecule has 2 heterocycles. The highest BCUT2D eigenvalue weighted by atomic mass is 32.2. The molecule has 0 unspecified atom stereocenters. The van der Waals surface area contributed by atoms with Gasteiger partial charge >= 0.3 is 0 Å². The van der Waals surface area contributed by atoms with Crippen molar-refractivity contribution in [2.24, 2.45) is 0 Å². The van der Waals surface area contributed by atoms with Gasteiger partial charge in [-0.1, -0.05) is 18.2 Å². The lowest BCUT2D eigenvalue weighted by Crippen LogP contribution is -2.49. The maximum atomic E-state index is 11.7. The number of ether oxygens (including phenoxy) is 4. The highest BCUT2D eigenvalue weighted by Gasteiger charge is 2.34. The Bertz CT molecular complexity index is 1400. The Hall–Kier alpha value is -3.15. The standard InChI is InChI=1S/C31H38N2O7S/c1-37-16-3-14-33-15-17-38-29-13-4-22(18-27(29)33)21-39-30-20-32-19-28(34)31(30)23-5-7-24(8-6-23)40-25-9-11-26(12-10-25)41(2,35)36/h4-13,18,28,30-32,34H,3,14-17,19-21H2,1-2H3/t28-,30+,31+/m1/s1. The van der Waals surface area contributed by atoms with Gasteiger partial charge in [-0.25, -0.2) is 8.42 Å². The number of rotatable bonds is 11. The molecular weight excluding hydrogens is 544 g/mol. The van der Waals surface area contributed by atoms with Crippen molar-refractivity contribution in [3.63, 3.8) is 0 Å². The van der Waals surface area contributed by atoms with Crippen LogP contribution in [0.25, 0.3) is 0 Å². The molecule has 2 aliphatic rings. The quantitative estimate of drug-likeness (QED) is 0.327. The van der Waals surface area contributed by atoms with Crippen LogP contribution in [0.5, 0.6) is 17.2 Å². The Balaban J connectivity index is 1.24. The summed E-state index contributed by atoms with van der Waals surface area (Å²) in [7, 11) is -1.54. The molecule has 220 valence electrons. The molecule has 0 bridgehead atoms. The van der Waals surface area contributed by atoms with Crippen LogP contribution in [-0.2, 0) is 25.9 Å². The van der Waals surface area contributed by atoms with Gasteiger partial charge in [0.15, 0.2) is 9.84 Å². The number of β-amino-alcohol motifs (C(OH)–C–C–N with tert-alkyl or cyclic N) is 1. The molecule has 0 radical (unpaired) electrons. The third kappa shape index (κ3) is 7.38. The van der Waals surface area contributed by atoms with E-state index in [9.17, 15) is 13.5 Å². The number of aliphatic hydroxyl groups excluding tert-OH is 1. The van der Waals surface area contributed by atoms with E-state index in [2.05, 4.69) is 16.3 Å². The molecule has 3 atom stereocenters. The number of nitrogens with zero attached hydrogens (tertiary/aromatic N) is 1. The molecule has 3 aromatic rings. The third-order valence-electron chi connectivity index (χ3n) is 7.49. The molecule has 2 N–H and O–H groups in total. The van der Waals surface area contributed by atoms with Crippen molar-refractivity contribution >= 4 is 15.5 Å². The van der Waals surface area contributed by atoms with Crippen molar-refractivity contribution in [2.45, 2.75) is 36.0 Å². The lowest BCUT2D eigenvalue weighted by atomic mass is 9.85. The summed E-state index contributed by atoms with van der Waals surface area (Å²) < 4.78 is 46.8. The van der Waals surface area contributed by atoms with Gasteiger partial charge in [-0.3, -0.25) is 0 Å². The van der Waals surface area contributed by atoms with Crippen LogP contribution in [0.1, 0.15) is 23.5 Å². The summed E-state index contributed by atoms with van der Waals surface area (Å²) in [4.78, 5) is 2.58. The summed E-state index contributed by atoms with van der Waals surface area (Å²) in [6.07, 6.45) is 1.30. The molecule has 1 fully saturated rings. The second kappa shape index (κ2) is 13.2. The Morgan fingerprint density at radius 3 is 2.46 bits per heavy atom. The number of sulfone groups is 1. The van der Waals surface area contributed by atoms with Crippen LogP contribution < -0.4 is 19.7 Å². The van der Waals surface area contributed by atoms with E-state index in [0.717, 1.165) is 48.7 Å². The first-order valence-electron chi connectivity index (χ1n) is 13.9. The fourth-order valence-electron chi connectivity index (χ4n) is 5.37. The SMILES string of the molecule is COCCCN1CCOc2ccc(CO[C@H]3CNC[C@@H](O)[C@@H]3c3ccc(Oc4ccc(S(C)(=O)=O)cc4)cc3)cc21. The number of piperidine rings is 1. The molecule has 2 aliphatic heterocycles. The van der Waals surface area contributed by atoms with Gasteiger partial charge in [0.2, 0.25) is 0 Å². The Labute approximate surface area is 241 Å². The van der Waals surface area contributed by atoms with Crippen LogP contribution in [0.2, 0.25) is 0 Å². The first-order chi connectivity index (χ1) is 19.8. The van der Waals surface area contributed by atoms with Crippen molar-refractivity contribution < 1.29 is 32.5 Å². The second-order valence-electron chi connectivity index (χ2n) is 10.5. The van der Waals surface area contributed by atoms with Gasteiger partial charge < -0.3 is 34.3 Å². The predicted molar refractivity (Wildman–Crippen MR) is 157 cm³/mol. The van der Waals surface area contributed by atoms with Crippen molar-refractivity contribution in [1.82, 2.24) is 5.32 Å². The van der Waals surface area contributed by atoms with E-state index < -0.39 is 15.9 Å². The number of benzene rings is 3. The number of hydrogen-bond donors (Lipinski definition) is 2. The van der Waals surface area contributed by atoms with E-state index in [1.165, 1.54) is 18.4 Å². The van der Waals surface area contributed by atoms with Crippen LogP contribution in [0.15, 0.2) is 71.6 Å². The number of nitrogens with one attached hydrogen (secondary N) is 1. The number of fused-ring (bicyclic) bond motifs is 1. The largest absolute Gasteiger partial charge is 0.490 e. The van der Waals surface area contributed by atoms with Gasteiger partial charge in [-0.05, 0) is 66.1 Å². The minimum atomic E-state index is -3.26. The summed E-state index contributed by atoms with van der Waals surface area (Å²) >= 11 is 0. The van der Waals surface area contributed by atoms with Gasteiger partial charge in [0, 0.05) is 45.5 Å². The van der Waals surface area contributed by atoms with E-state index in [1.807, 2.05) is 36.4 Å². The summed E-state index contributed by atoms with van der Waals surface area (Å²) in [5.74, 6) is 1.85. The zero-order valence-electron chi connectivity index (χ0n) is 23.5. The van der Waals surface area contributed by atoms with Gasteiger partial charge in [0.05, 0.1) is 35.9 Å². The molecule has 10 heteroatoms. The number of aliphatic hydroxyl groups is 1. The summed E-state index contributed by atoms with van der Waals surface area (Å²) in [5, 5.41) is 14.2. The average Bonchev–Trinajstić information content (AvgIpc) is 2.97. The predicted octanol–water partition coefficient (Wildman–Crippen LogP) is 3.75. The zero-order valence-corrected chi connectivity index (χ0v) is 24.3. The average molecular weight is 583 g/mol. The monoisotopic (exact) mass is 582 g/mol. The lowest BCUT2D eigenvalue weighted by molar-refractivity contribution is -0.0328. The molecule has 5 rings (SSSR count). The smallest absolute Gasteiger partial charge is 0.175 e. The number of hydrogen-bond acceptors (Lipinski definition) is 9. The molecule has 0 aliphatic carbocycles. The normalized spacial score (nSPS) is 20.8. The van der Waals surface area contributed by atoms with Crippen molar-refractivity contribution in [3.05, 3.63) is 77.9 Å². The first kappa shape index (κ1) is 29.3. The van der Waals surface area contributed by atoms with Crippen molar-refractivity contribution in [2.75, 3.05) is 57.7 Å². The van der Waals surface area contributed by atoms with Gasteiger partial charge in [-0.15, -0.1) is 0 Å². The van der Waals surface area contributed by atoms with E-state index in [1.54, 1.807) is 19.2 Å². The van der Waals surface area contributed by atoms with Crippen LogP contribution in [0.4, 0.5) is 5.69 Å². The topological polar surface area (TPSA) is 107 Å². The van der Waals surface area contributed by atoms with Crippen LogP contribution in [-0.4, -0.2) is 78.5 Å². The van der Waals surface area contributed by atoms with Gasteiger partial charge in [-0.2, -0.15) is 0 Å². The molecule has 3 aromatic carbocycles. The van der Waals surface area contributed by atoms with Gasteiger partial charge in [0.25, 0.3) is 0 Å². The second-order valence-corrected chi connectivity index (χ2v) is 12.5. The number of methoxy groups -OCH3 is 1. The summed E-state index contributed by atoms with van der Waals surface area (Å²) in [6.45, 7) is 4.67. The molecular formula is C31H38N2O7S. The van der Waals surface area contributed by atoms with E-state index >= 15 is 0 Å². The minimum Gasteiger partial charge on any atom is -0.490 e. The van der Waals surface area contributed by atoms with Crippen LogP contribution >= 0.6 is 0 Å². The summed E-state index contributed by atoms with van der Waals surface area (Å²) in [6, 6.07) is 20.1. The number of anilines is 1. The van der Waals surface area contributed by atoms with E-state index in [4.69, 9.17) is 18.9 Å².